The van der Waals surface area contributed by atoms with Crippen molar-refractivity contribution in [2.24, 2.45) is 0 Å². The zero-order valence-electron chi connectivity index (χ0n) is 20.5. The van der Waals surface area contributed by atoms with Crippen molar-refractivity contribution in [1.29, 1.82) is 0 Å². The lowest BCUT2D eigenvalue weighted by Crippen LogP contribution is -2.22. The van der Waals surface area contributed by atoms with Crippen LogP contribution in [-0.4, -0.2) is 46.6 Å². The minimum Gasteiger partial charge on any atom is -0.493 e. The van der Waals surface area contributed by atoms with Crippen molar-refractivity contribution in [3.8, 4) is 11.5 Å². The number of halogens is 1. The predicted molar refractivity (Wildman–Crippen MR) is 142 cm³/mol. The highest BCUT2D eigenvalue weighted by Gasteiger charge is 2.14. The van der Waals surface area contributed by atoms with Crippen LogP contribution < -0.4 is 20.1 Å². The first-order valence-electron chi connectivity index (χ1n) is 11.1. The Morgan fingerprint density at radius 3 is 2.61 bits per heavy atom. The van der Waals surface area contributed by atoms with Crippen LogP contribution in [0.25, 0.3) is 6.08 Å². The third kappa shape index (κ3) is 7.25. The fraction of sp³-hybridized carbons (Fsp3) is 0.280. The smallest absolute Gasteiger partial charge is 0.244 e. The average Bonchev–Trinajstić information content (AvgIpc) is 3.28. The number of carbonyl (C=O) groups is 2. The summed E-state index contributed by atoms with van der Waals surface area (Å²) in [5.74, 6) is 1.50. The molecule has 0 radical (unpaired) electrons. The second-order valence-electron chi connectivity index (χ2n) is 7.60. The van der Waals surface area contributed by atoms with Crippen LogP contribution in [0.1, 0.15) is 23.9 Å². The molecule has 36 heavy (non-hydrogen) atoms. The van der Waals surface area contributed by atoms with E-state index in [1.807, 2.05) is 30.5 Å². The number of amides is 2. The van der Waals surface area contributed by atoms with E-state index in [1.165, 1.54) is 17.8 Å². The van der Waals surface area contributed by atoms with E-state index in [1.54, 1.807) is 44.6 Å². The molecule has 3 rings (SSSR count). The van der Waals surface area contributed by atoms with Gasteiger partial charge in [0.1, 0.15) is 0 Å². The van der Waals surface area contributed by atoms with Gasteiger partial charge in [-0.2, -0.15) is 0 Å². The molecule has 0 saturated heterocycles. The van der Waals surface area contributed by atoms with Gasteiger partial charge in [0, 0.05) is 23.3 Å². The van der Waals surface area contributed by atoms with Gasteiger partial charge in [0.25, 0.3) is 0 Å². The largest absolute Gasteiger partial charge is 0.493 e. The Morgan fingerprint density at radius 2 is 1.89 bits per heavy atom. The van der Waals surface area contributed by atoms with E-state index in [0.717, 1.165) is 11.1 Å². The first-order chi connectivity index (χ1) is 17.3. The molecule has 190 valence electrons. The molecule has 0 spiro atoms. The van der Waals surface area contributed by atoms with E-state index in [0.29, 0.717) is 39.7 Å². The number of aryl methyl sites for hydroxylation is 1. The number of rotatable bonds is 11. The van der Waals surface area contributed by atoms with Gasteiger partial charge in [-0.3, -0.25) is 9.59 Å². The molecule has 0 aliphatic carbocycles. The maximum Gasteiger partial charge on any atom is 0.244 e. The highest BCUT2D eigenvalue weighted by atomic mass is 35.5. The molecule has 0 bridgehead atoms. The first kappa shape index (κ1) is 27.1. The number of methoxy groups -OCH3 is 2. The van der Waals surface area contributed by atoms with E-state index in [2.05, 4.69) is 20.8 Å². The second kappa shape index (κ2) is 13.0. The number of nitrogens with one attached hydrogen (secondary N) is 2. The quantitative estimate of drug-likeness (QED) is 0.281. The van der Waals surface area contributed by atoms with E-state index in [4.69, 9.17) is 21.1 Å². The summed E-state index contributed by atoms with van der Waals surface area (Å²) in [6.07, 6.45) is 3.12. The van der Waals surface area contributed by atoms with Gasteiger partial charge in [0.05, 0.1) is 26.5 Å². The maximum absolute atomic E-state index is 12.4. The number of nitrogens with zero attached hydrogens (tertiary/aromatic N) is 3. The number of hydrogen-bond donors (Lipinski definition) is 2. The van der Waals surface area contributed by atoms with Crippen molar-refractivity contribution in [2.45, 2.75) is 32.1 Å². The zero-order valence-corrected chi connectivity index (χ0v) is 22.1. The summed E-state index contributed by atoms with van der Waals surface area (Å²) in [5, 5.41) is 15.2. The van der Waals surface area contributed by atoms with Crippen LogP contribution in [0.4, 0.5) is 5.69 Å². The molecular formula is C25H28ClN5O4S. The van der Waals surface area contributed by atoms with Crippen molar-refractivity contribution in [1.82, 2.24) is 20.1 Å². The molecule has 1 heterocycles. The average molecular weight is 530 g/mol. The molecule has 0 atom stereocenters. The molecule has 2 aromatic carbocycles. The monoisotopic (exact) mass is 529 g/mol. The summed E-state index contributed by atoms with van der Waals surface area (Å²) in [5.41, 5.74) is 2.40. The number of benzene rings is 2. The minimum absolute atomic E-state index is 0.157. The van der Waals surface area contributed by atoms with Crippen LogP contribution in [0.2, 0.25) is 5.02 Å². The summed E-state index contributed by atoms with van der Waals surface area (Å²) in [4.78, 5) is 24.8. The summed E-state index contributed by atoms with van der Waals surface area (Å²) < 4.78 is 12.4. The van der Waals surface area contributed by atoms with Crippen LogP contribution in [0, 0.1) is 6.92 Å². The Balaban J connectivity index is 1.55. The third-order valence-corrected chi connectivity index (χ3v) is 6.37. The topological polar surface area (TPSA) is 107 Å². The Hall–Kier alpha value is -3.50. The molecule has 0 fully saturated rings. The maximum atomic E-state index is 12.4. The van der Waals surface area contributed by atoms with Crippen LogP contribution in [0.15, 0.2) is 47.6 Å². The fourth-order valence-corrected chi connectivity index (χ4v) is 4.27. The molecule has 3 aromatic rings. The molecule has 2 amide bonds. The van der Waals surface area contributed by atoms with Crippen LogP contribution >= 0.6 is 23.4 Å². The summed E-state index contributed by atoms with van der Waals surface area (Å²) in [7, 11) is 3.12. The van der Waals surface area contributed by atoms with Gasteiger partial charge in [-0.1, -0.05) is 35.5 Å². The molecule has 1 aromatic heterocycles. The molecule has 0 unspecified atom stereocenters. The lowest BCUT2D eigenvalue weighted by molar-refractivity contribution is -0.116. The van der Waals surface area contributed by atoms with E-state index in [9.17, 15) is 9.59 Å². The highest BCUT2D eigenvalue weighted by Crippen LogP contribution is 2.28. The fourth-order valence-electron chi connectivity index (χ4n) is 3.27. The van der Waals surface area contributed by atoms with Crippen LogP contribution in [-0.2, 0) is 22.7 Å². The molecule has 0 aliphatic rings. The molecule has 2 N–H and O–H groups in total. The van der Waals surface area contributed by atoms with E-state index >= 15 is 0 Å². The number of carbonyl (C=O) groups excluding carboxylic acids is 2. The molecule has 11 heteroatoms. The van der Waals surface area contributed by atoms with E-state index in [-0.39, 0.29) is 24.1 Å². The Labute approximate surface area is 219 Å². The Bertz CT molecular complexity index is 1260. The lowest BCUT2D eigenvalue weighted by Gasteiger charge is -2.10. The molecular weight excluding hydrogens is 502 g/mol. The minimum atomic E-state index is -0.277. The van der Waals surface area contributed by atoms with Crippen molar-refractivity contribution >= 4 is 46.9 Å². The van der Waals surface area contributed by atoms with Crippen molar-refractivity contribution in [2.75, 3.05) is 25.3 Å². The van der Waals surface area contributed by atoms with Gasteiger partial charge < -0.3 is 24.7 Å². The van der Waals surface area contributed by atoms with Gasteiger partial charge in [0.15, 0.2) is 22.5 Å². The molecule has 0 saturated carbocycles. The third-order valence-electron chi connectivity index (χ3n) is 5.17. The summed E-state index contributed by atoms with van der Waals surface area (Å²) in [6, 6.07) is 10.7. The van der Waals surface area contributed by atoms with E-state index < -0.39 is 0 Å². The SMILES string of the molecule is CCn1c(CNC(=O)/C=C/c2ccc(OC)c(OC)c2)nnc1SCC(=O)Nc1cc(Cl)ccc1C. The number of thioether (sulfide) groups is 1. The Kier molecular flexibility index (Phi) is 9.77. The standard InChI is InChI=1S/C25H28ClN5O4S/c1-5-31-22(14-27-23(32)11-8-17-7-10-20(34-3)21(12-17)35-4)29-30-25(31)36-15-24(33)28-19-13-18(26)9-6-16(19)2/h6-13H,5,14-15H2,1-4H3,(H,27,32)(H,28,33)/b11-8+. The summed E-state index contributed by atoms with van der Waals surface area (Å²) >= 11 is 7.29. The van der Waals surface area contributed by atoms with Crippen molar-refractivity contribution < 1.29 is 19.1 Å². The lowest BCUT2D eigenvalue weighted by atomic mass is 10.2. The molecule has 9 nitrogen and oxygen atoms in total. The normalized spacial score (nSPS) is 10.9. The molecule has 0 aliphatic heterocycles. The van der Waals surface area contributed by atoms with Gasteiger partial charge in [-0.25, -0.2) is 0 Å². The van der Waals surface area contributed by atoms with Crippen LogP contribution in [0.3, 0.4) is 0 Å². The van der Waals surface area contributed by atoms with Gasteiger partial charge in [-0.05, 0) is 55.3 Å². The second-order valence-corrected chi connectivity index (χ2v) is 8.98. The van der Waals surface area contributed by atoms with Crippen LogP contribution in [0.5, 0.6) is 11.5 Å². The van der Waals surface area contributed by atoms with Crippen molar-refractivity contribution in [3.63, 3.8) is 0 Å². The first-order valence-corrected chi connectivity index (χ1v) is 12.5. The number of anilines is 1. The van der Waals surface area contributed by atoms with Gasteiger partial charge in [0.2, 0.25) is 11.8 Å². The summed E-state index contributed by atoms with van der Waals surface area (Å²) in [6.45, 7) is 4.64. The van der Waals surface area contributed by atoms with Gasteiger partial charge >= 0.3 is 0 Å². The number of hydrogen-bond acceptors (Lipinski definition) is 7. The van der Waals surface area contributed by atoms with Gasteiger partial charge in [-0.15, -0.1) is 10.2 Å². The predicted octanol–water partition coefficient (Wildman–Crippen LogP) is 4.34. The zero-order chi connectivity index (χ0) is 26.1. The van der Waals surface area contributed by atoms with Crippen molar-refractivity contribution in [3.05, 3.63) is 64.4 Å². The Morgan fingerprint density at radius 1 is 1.11 bits per heavy atom. The number of ether oxygens (including phenoxy) is 2. The highest BCUT2D eigenvalue weighted by molar-refractivity contribution is 7.99. The number of aromatic nitrogens is 3.